The van der Waals surface area contributed by atoms with E-state index in [0.717, 1.165) is 56.1 Å². The number of nitrogens with zero attached hydrogens (tertiary/aromatic N) is 2. The summed E-state index contributed by atoms with van der Waals surface area (Å²) in [6.45, 7) is 4.73. The van der Waals surface area contributed by atoms with Crippen LogP contribution in [-0.4, -0.2) is 49.7 Å². The maximum Gasteiger partial charge on any atom is 0.161 e. The number of fused-ring (bicyclic) bond motifs is 1. The van der Waals surface area contributed by atoms with Crippen LogP contribution in [0.5, 0.6) is 11.5 Å². The lowest BCUT2D eigenvalue weighted by Crippen LogP contribution is -2.49. The quantitative estimate of drug-likeness (QED) is 0.781. The number of hydrogen-bond acceptors (Lipinski definition) is 4. The lowest BCUT2D eigenvalue weighted by atomic mass is 9.95. The van der Waals surface area contributed by atoms with E-state index in [9.17, 15) is 4.39 Å². The summed E-state index contributed by atoms with van der Waals surface area (Å²) in [7, 11) is 3.37. The molecule has 0 amide bonds. The van der Waals surface area contributed by atoms with Crippen molar-refractivity contribution in [2.75, 3.05) is 33.9 Å². The second-order valence-electron chi connectivity index (χ2n) is 7.82. The summed E-state index contributed by atoms with van der Waals surface area (Å²) in [6.07, 6.45) is 3.39. The van der Waals surface area contributed by atoms with Crippen LogP contribution in [0.15, 0.2) is 36.4 Å². The van der Waals surface area contributed by atoms with Crippen LogP contribution < -0.4 is 9.47 Å². The summed E-state index contributed by atoms with van der Waals surface area (Å²) in [4.78, 5) is 4.98. The Kier molecular flexibility index (Phi) is 5.83. The van der Waals surface area contributed by atoms with Gasteiger partial charge in [0.1, 0.15) is 5.82 Å². The number of rotatable bonds is 5. The largest absolute Gasteiger partial charge is 0.493 e. The summed E-state index contributed by atoms with van der Waals surface area (Å²) >= 11 is 0. The summed E-state index contributed by atoms with van der Waals surface area (Å²) in [5.41, 5.74) is 3.48. The summed E-state index contributed by atoms with van der Waals surface area (Å²) in [5, 5.41) is 0. The molecule has 1 unspecified atom stereocenters. The smallest absolute Gasteiger partial charge is 0.161 e. The molecule has 1 atom stereocenters. The van der Waals surface area contributed by atoms with E-state index >= 15 is 0 Å². The van der Waals surface area contributed by atoms with Crippen molar-refractivity contribution in [2.24, 2.45) is 0 Å². The normalized spacial score (nSPS) is 20.6. The Bertz CT molecular complexity index is 826. The number of benzene rings is 2. The zero-order valence-corrected chi connectivity index (χ0v) is 16.8. The first-order valence-corrected chi connectivity index (χ1v) is 10.1. The molecule has 150 valence electrons. The van der Waals surface area contributed by atoms with Crippen LogP contribution in [0.1, 0.15) is 29.5 Å². The van der Waals surface area contributed by atoms with E-state index in [4.69, 9.17) is 9.47 Å². The first-order valence-electron chi connectivity index (χ1n) is 10.1. The van der Waals surface area contributed by atoms with Crippen molar-refractivity contribution in [1.82, 2.24) is 9.80 Å². The molecule has 0 bridgehead atoms. The van der Waals surface area contributed by atoms with Gasteiger partial charge in [0, 0.05) is 37.8 Å². The molecule has 4 rings (SSSR count). The fraction of sp³-hybridized carbons (Fsp3) is 0.478. The van der Waals surface area contributed by atoms with Crippen molar-refractivity contribution in [3.8, 4) is 11.5 Å². The van der Waals surface area contributed by atoms with Crippen molar-refractivity contribution in [3.63, 3.8) is 0 Å². The second-order valence-corrected chi connectivity index (χ2v) is 7.82. The van der Waals surface area contributed by atoms with E-state index in [2.05, 4.69) is 21.9 Å². The van der Waals surface area contributed by atoms with E-state index in [1.165, 1.54) is 17.5 Å². The van der Waals surface area contributed by atoms with Crippen molar-refractivity contribution < 1.29 is 13.9 Å². The SMILES string of the molecule is COc1cc2c(cc1OC)CN(C1CCCN(Cc3ccccc3F)C1)CC2. The minimum atomic E-state index is -0.0995. The Morgan fingerprint density at radius 2 is 1.79 bits per heavy atom. The Labute approximate surface area is 166 Å². The van der Waals surface area contributed by atoms with Gasteiger partial charge in [-0.15, -0.1) is 0 Å². The van der Waals surface area contributed by atoms with E-state index in [1.807, 2.05) is 12.1 Å². The topological polar surface area (TPSA) is 24.9 Å². The molecule has 28 heavy (non-hydrogen) atoms. The molecule has 0 N–H and O–H groups in total. The van der Waals surface area contributed by atoms with Crippen molar-refractivity contribution in [1.29, 1.82) is 0 Å². The fourth-order valence-electron chi connectivity index (χ4n) is 4.56. The number of hydrogen-bond donors (Lipinski definition) is 0. The molecule has 0 radical (unpaired) electrons. The number of ether oxygens (including phenoxy) is 2. The molecule has 0 aromatic heterocycles. The Morgan fingerprint density at radius 3 is 2.54 bits per heavy atom. The van der Waals surface area contributed by atoms with Crippen molar-refractivity contribution in [2.45, 2.75) is 38.4 Å². The second kappa shape index (κ2) is 8.50. The zero-order chi connectivity index (χ0) is 19.5. The van der Waals surface area contributed by atoms with Crippen LogP contribution in [0.3, 0.4) is 0 Å². The maximum absolute atomic E-state index is 14.0. The van der Waals surface area contributed by atoms with Crippen LogP contribution in [0.4, 0.5) is 4.39 Å². The predicted molar refractivity (Wildman–Crippen MR) is 108 cm³/mol. The molecule has 0 aliphatic carbocycles. The molecule has 5 heteroatoms. The molecular weight excluding hydrogens is 355 g/mol. The lowest BCUT2D eigenvalue weighted by molar-refractivity contribution is 0.0831. The minimum Gasteiger partial charge on any atom is -0.493 e. The lowest BCUT2D eigenvalue weighted by Gasteiger charge is -2.41. The van der Waals surface area contributed by atoms with Crippen molar-refractivity contribution >= 4 is 0 Å². The Morgan fingerprint density at radius 1 is 1.04 bits per heavy atom. The highest BCUT2D eigenvalue weighted by molar-refractivity contribution is 5.48. The van der Waals surface area contributed by atoms with Gasteiger partial charge in [0.15, 0.2) is 11.5 Å². The highest BCUT2D eigenvalue weighted by Gasteiger charge is 2.29. The molecule has 2 aromatic rings. The van der Waals surface area contributed by atoms with Crippen LogP contribution in [-0.2, 0) is 19.5 Å². The molecule has 2 aliphatic heterocycles. The molecule has 0 saturated carbocycles. The van der Waals surface area contributed by atoms with E-state index in [-0.39, 0.29) is 5.82 Å². The Balaban J connectivity index is 1.44. The molecule has 2 aliphatic rings. The predicted octanol–water partition coefficient (Wildman–Crippen LogP) is 3.87. The maximum atomic E-state index is 14.0. The number of methoxy groups -OCH3 is 2. The molecular formula is C23H29FN2O2. The zero-order valence-electron chi connectivity index (χ0n) is 16.8. The van der Waals surface area contributed by atoms with Crippen LogP contribution in [0.2, 0.25) is 0 Å². The van der Waals surface area contributed by atoms with Gasteiger partial charge in [-0.05, 0) is 55.1 Å². The summed E-state index contributed by atoms with van der Waals surface area (Å²) < 4.78 is 25.0. The van der Waals surface area contributed by atoms with Crippen molar-refractivity contribution in [3.05, 3.63) is 58.9 Å². The van der Waals surface area contributed by atoms with Crippen LogP contribution >= 0.6 is 0 Å². The monoisotopic (exact) mass is 384 g/mol. The van der Waals surface area contributed by atoms with Crippen LogP contribution in [0, 0.1) is 5.82 Å². The van der Waals surface area contributed by atoms with E-state index in [1.54, 1.807) is 26.4 Å². The molecule has 2 heterocycles. The molecule has 0 spiro atoms. The third-order valence-corrected chi connectivity index (χ3v) is 6.10. The average Bonchev–Trinajstić information content (AvgIpc) is 2.74. The third kappa shape index (κ3) is 4.01. The van der Waals surface area contributed by atoms with Gasteiger partial charge in [0.05, 0.1) is 14.2 Å². The van der Waals surface area contributed by atoms with E-state index in [0.29, 0.717) is 12.6 Å². The number of halogens is 1. The molecule has 4 nitrogen and oxygen atoms in total. The van der Waals surface area contributed by atoms with Gasteiger partial charge in [-0.2, -0.15) is 0 Å². The molecule has 1 saturated heterocycles. The first kappa shape index (κ1) is 19.2. The van der Waals surface area contributed by atoms with Gasteiger partial charge >= 0.3 is 0 Å². The highest BCUT2D eigenvalue weighted by Crippen LogP contribution is 2.34. The fourth-order valence-corrected chi connectivity index (χ4v) is 4.56. The van der Waals surface area contributed by atoms with Gasteiger partial charge < -0.3 is 9.47 Å². The van der Waals surface area contributed by atoms with Gasteiger partial charge in [-0.1, -0.05) is 18.2 Å². The third-order valence-electron chi connectivity index (χ3n) is 6.10. The van der Waals surface area contributed by atoms with Gasteiger partial charge in [-0.3, -0.25) is 9.80 Å². The Hall–Kier alpha value is -2.11. The van der Waals surface area contributed by atoms with Gasteiger partial charge in [0.2, 0.25) is 0 Å². The van der Waals surface area contributed by atoms with Gasteiger partial charge in [0.25, 0.3) is 0 Å². The van der Waals surface area contributed by atoms with Gasteiger partial charge in [-0.25, -0.2) is 4.39 Å². The average molecular weight is 384 g/mol. The number of likely N-dealkylation sites (tertiary alicyclic amines) is 1. The number of piperidine rings is 1. The standard InChI is InChI=1S/C23H29FN2O2/c1-27-22-12-17-9-11-26(15-19(17)13-23(22)28-2)20-7-5-10-25(16-20)14-18-6-3-4-8-21(18)24/h3-4,6,8,12-13,20H,5,7,9-11,14-16H2,1-2H3. The van der Waals surface area contributed by atoms with Crippen LogP contribution in [0.25, 0.3) is 0 Å². The minimum absolute atomic E-state index is 0.0995. The summed E-state index contributed by atoms with van der Waals surface area (Å²) in [5.74, 6) is 1.51. The molecule has 1 fully saturated rings. The van der Waals surface area contributed by atoms with E-state index < -0.39 is 0 Å². The molecule has 2 aromatic carbocycles. The summed E-state index contributed by atoms with van der Waals surface area (Å²) in [6, 6.07) is 11.9. The highest BCUT2D eigenvalue weighted by atomic mass is 19.1. The first-order chi connectivity index (χ1) is 13.7.